The normalized spacial score (nSPS) is 13.9. The lowest BCUT2D eigenvalue weighted by Crippen LogP contribution is -2.31. The Balaban J connectivity index is 2.64. The molecule has 0 aliphatic rings. The van der Waals surface area contributed by atoms with E-state index in [1.165, 1.54) is 0 Å². The zero-order valence-corrected chi connectivity index (χ0v) is 12.2. The summed E-state index contributed by atoms with van der Waals surface area (Å²) >= 11 is 0.288. The average molecular weight is 289 g/mol. The molecule has 0 amide bonds. The van der Waals surface area contributed by atoms with Crippen LogP contribution in [0.2, 0.25) is 0 Å². The molecule has 1 aromatic rings. The van der Waals surface area contributed by atoms with Gasteiger partial charge < -0.3 is 19.9 Å². The van der Waals surface area contributed by atoms with Crippen LogP contribution in [0.3, 0.4) is 0 Å². The molecule has 0 saturated carbocycles. The van der Waals surface area contributed by atoms with E-state index in [-0.39, 0.29) is 18.2 Å². The maximum Gasteiger partial charge on any atom is 0.161 e. The van der Waals surface area contributed by atoms with E-state index in [1.54, 1.807) is 32.4 Å². The highest BCUT2D eigenvalue weighted by Gasteiger charge is 2.12. The van der Waals surface area contributed by atoms with Crippen molar-refractivity contribution < 1.29 is 18.5 Å². The van der Waals surface area contributed by atoms with Crippen LogP contribution in [-0.2, 0) is 0 Å². The zero-order valence-electron chi connectivity index (χ0n) is 11.4. The third-order valence-corrected chi connectivity index (χ3v) is 3.39. The highest BCUT2D eigenvalue weighted by Crippen LogP contribution is 2.29. The predicted molar refractivity (Wildman–Crippen MR) is 75.5 cm³/mol. The molecule has 2 N–H and O–H groups in total. The molecule has 0 radical (unpaired) electrons. The Morgan fingerprint density at radius 3 is 2.58 bits per heavy atom. The van der Waals surface area contributed by atoms with E-state index in [4.69, 9.17) is 9.47 Å². The van der Waals surface area contributed by atoms with E-state index >= 15 is 0 Å². The molecule has 1 rings (SSSR count). The maximum absolute atomic E-state index is 12.1. The van der Waals surface area contributed by atoms with Crippen molar-refractivity contribution in [2.45, 2.75) is 19.1 Å². The molecule has 2 unspecified atom stereocenters. The van der Waals surface area contributed by atoms with Gasteiger partial charge in [0.05, 0.1) is 20.3 Å². The second-order valence-electron chi connectivity index (χ2n) is 4.22. The van der Waals surface area contributed by atoms with Crippen LogP contribution in [0.4, 0.5) is 3.89 Å². The van der Waals surface area contributed by atoms with Gasteiger partial charge in [-0.05, 0) is 24.6 Å². The van der Waals surface area contributed by atoms with Crippen molar-refractivity contribution in [2.24, 2.45) is 0 Å². The van der Waals surface area contributed by atoms with Gasteiger partial charge >= 0.3 is 0 Å². The third kappa shape index (κ3) is 4.89. The van der Waals surface area contributed by atoms with Crippen LogP contribution in [0.1, 0.15) is 18.6 Å². The standard InChI is InChI=1S/C13H20FNO3S/c1-9(8-19-14)15-7-11(16)10-4-5-12(17-2)13(6-10)18-3/h4-6,9,11,15-16H,7-8H2,1-3H3. The van der Waals surface area contributed by atoms with Gasteiger partial charge in [0.1, 0.15) is 0 Å². The molecule has 6 heteroatoms. The number of hydrogen-bond acceptors (Lipinski definition) is 5. The summed E-state index contributed by atoms with van der Waals surface area (Å²) in [6, 6.07) is 5.27. The quantitative estimate of drug-likeness (QED) is 0.769. The SMILES string of the molecule is COc1ccc(C(O)CNC(C)CSF)cc1OC. The molecule has 0 aromatic heterocycles. The Kier molecular flexibility index (Phi) is 6.97. The zero-order chi connectivity index (χ0) is 14.3. The van der Waals surface area contributed by atoms with Crippen LogP contribution in [0.5, 0.6) is 11.5 Å². The largest absolute Gasteiger partial charge is 0.493 e. The summed E-state index contributed by atoms with van der Waals surface area (Å²) in [4.78, 5) is 0. The molecule has 1 aromatic carbocycles. The molecule has 2 atom stereocenters. The Morgan fingerprint density at radius 2 is 2.00 bits per heavy atom. The smallest absolute Gasteiger partial charge is 0.161 e. The van der Waals surface area contributed by atoms with Crippen LogP contribution in [-0.4, -0.2) is 37.7 Å². The van der Waals surface area contributed by atoms with Gasteiger partial charge in [-0.1, -0.05) is 6.07 Å². The Hall–Kier alpha value is -0.980. The predicted octanol–water partition coefficient (Wildman–Crippen LogP) is 2.33. The average Bonchev–Trinajstić information content (AvgIpc) is 2.44. The topological polar surface area (TPSA) is 50.7 Å². The Labute approximate surface area is 117 Å². The van der Waals surface area contributed by atoms with E-state index in [1.807, 2.05) is 6.92 Å². The summed E-state index contributed by atoms with van der Waals surface area (Å²) in [5.74, 6) is 1.55. The summed E-state index contributed by atoms with van der Waals surface area (Å²) < 4.78 is 22.4. The number of ether oxygens (including phenoxy) is 2. The summed E-state index contributed by atoms with van der Waals surface area (Å²) in [5.41, 5.74) is 0.727. The van der Waals surface area contributed by atoms with Crippen molar-refractivity contribution in [3.05, 3.63) is 23.8 Å². The Morgan fingerprint density at radius 1 is 1.32 bits per heavy atom. The number of aliphatic hydroxyl groups is 1. The minimum absolute atomic E-state index is 0.00444. The fraction of sp³-hybridized carbons (Fsp3) is 0.538. The molecule has 0 saturated heterocycles. The molecule has 0 fully saturated rings. The van der Waals surface area contributed by atoms with Gasteiger partial charge in [0.25, 0.3) is 0 Å². The van der Waals surface area contributed by atoms with E-state index in [0.717, 1.165) is 5.56 Å². The molecule has 0 aliphatic heterocycles. The van der Waals surface area contributed by atoms with Gasteiger partial charge in [0, 0.05) is 30.5 Å². The van der Waals surface area contributed by atoms with Gasteiger partial charge in [0.2, 0.25) is 0 Å². The molecular weight excluding hydrogens is 269 g/mol. The van der Waals surface area contributed by atoms with Crippen molar-refractivity contribution in [1.82, 2.24) is 5.32 Å². The lowest BCUT2D eigenvalue weighted by atomic mass is 10.1. The number of nitrogens with one attached hydrogen (secondary N) is 1. The summed E-state index contributed by atoms with van der Waals surface area (Å²) in [5, 5.41) is 13.1. The molecular formula is C13H20FNO3S. The van der Waals surface area contributed by atoms with Crippen molar-refractivity contribution >= 4 is 12.1 Å². The number of methoxy groups -OCH3 is 2. The molecule has 0 heterocycles. The van der Waals surface area contributed by atoms with Gasteiger partial charge in [0.15, 0.2) is 11.5 Å². The van der Waals surface area contributed by atoms with Gasteiger partial charge in [-0.3, -0.25) is 0 Å². The summed E-state index contributed by atoms with van der Waals surface area (Å²) in [7, 11) is 3.11. The highest BCUT2D eigenvalue weighted by atomic mass is 32.2. The lowest BCUT2D eigenvalue weighted by Gasteiger charge is -2.17. The van der Waals surface area contributed by atoms with Crippen molar-refractivity contribution in [3.63, 3.8) is 0 Å². The van der Waals surface area contributed by atoms with E-state index in [2.05, 4.69) is 5.32 Å². The summed E-state index contributed by atoms with van der Waals surface area (Å²) in [6.45, 7) is 2.23. The maximum atomic E-state index is 12.1. The van der Waals surface area contributed by atoms with Crippen LogP contribution < -0.4 is 14.8 Å². The van der Waals surface area contributed by atoms with Crippen LogP contribution in [0.15, 0.2) is 18.2 Å². The number of benzene rings is 1. The van der Waals surface area contributed by atoms with Crippen molar-refractivity contribution in [3.8, 4) is 11.5 Å². The second kappa shape index (κ2) is 8.24. The lowest BCUT2D eigenvalue weighted by molar-refractivity contribution is 0.171. The fourth-order valence-electron chi connectivity index (χ4n) is 1.64. The summed E-state index contributed by atoms with van der Waals surface area (Å²) in [6.07, 6.45) is -0.674. The first-order chi connectivity index (χ1) is 9.12. The first kappa shape index (κ1) is 16.1. The van der Waals surface area contributed by atoms with Crippen LogP contribution in [0, 0.1) is 0 Å². The first-order valence-electron chi connectivity index (χ1n) is 5.99. The monoisotopic (exact) mass is 289 g/mol. The number of halogens is 1. The van der Waals surface area contributed by atoms with Gasteiger partial charge in [-0.2, -0.15) is 3.89 Å². The molecule has 108 valence electrons. The molecule has 0 aliphatic carbocycles. The van der Waals surface area contributed by atoms with E-state index in [0.29, 0.717) is 23.8 Å². The van der Waals surface area contributed by atoms with E-state index < -0.39 is 6.10 Å². The van der Waals surface area contributed by atoms with E-state index in [9.17, 15) is 8.99 Å². The number of hydrogen-bond donors (Lipinski definition) is 2. The molecule has 19 heavy (non-hydrogen) atoms. The minimum Gasteiger partial charge on any atom is -0.493 e. The third-order valence-electron chi connectivity index (χ3n) is 2.77. The minimum atomic E-state index is -0.674. The molecule has 0 bridgehead atoms. The second-order valence-corrected chi connectivity index (χ2v) is 4.77. The number of aliphatic hydroxyl groups excluding tert-OH is 1. The highest BCUT2D eigenvalue weighted by molar-refractivity contribution is 7.94. The Bertz CT molecular complexity index is 392. The first-order valence-corrected chi connectivity index (χ1v) is 6.87. The van der Waals surface area contributed by atoms with Gasteiger partial charge in [-0.15, -0.1) is 0 Å². The fourth-order valence-corrected chi connectivity index (χ4v) is 1.95. The number of rotatable bonds is 8. The van der Waals surface area contributed by atoms with Crippen LogP contribution in [0.25, 0.3) is 0 Å². The van der Waals surface area contributed by atoms with Crippen molar-refractivity contribution in [1.29, 1.82) is 0 Å². The molecule has 0 spiro atoms. The van der Waals surface area contributed by atoms with Crippen LogP contribution >= 0.6 is 12.1 Å². The molecule has 4 nitrogen and oxygen atoms in total. The van der Waals surface area contributed by atoms with Crippen molar-refractivity contribution in [2.75, 3.05) is 26.5 Å². The van der Waals surface area contributed by atoms with Gasteiger partial charge in [-0.25, -0.2) is 0 Å².